The van der Waals surface area contributed by atoms with Crippen molar-refractivity contribution >= 4 is 5.97 Å². The third-order valence-electron chi connectivity index (χ3n) is 1.89. The molecule has 16 heavy (non-hydrogen) atoms. The van der Waals surface area contributed by atoms with Gasteiger partial charge in [0.2, 0.25) is 0 Å². The predicted octanol–water partition coefficient (Wildman–Crippen LogP) is 0.123. The molecule has 0 bridgehead atoms. The highest BCUT2D eigenvalue weighted by Gasteiger charge is 2.08. The standard InChI is InChI=1S/C9H9N5O2/c1-6-2-11-7(3-10-6)4-14-5-12-8(13-14)9(15)16/h2-3,5H,4H2,1H3,(H,15,16). The van der Waals surface area contributed by atoms with Crippen LogP contribution in [0, 0.1) is 6.92 Å². The second kappa shape index (κ2) is 4.05. The maximum atomic E-state index is 10.5. The van der Waals surface area contributed by atoms with Gasteiger partial charge < -0.3 is 5.11 Å². The van der Waals surface area contributed by atoms with Gasteiger partial charge in [0.1, 0.15) is 6.33 Å². The number of carboxylic acid groups (broad SMARTS) is 1. The lowest BCUT2D eigenvalue weighted by Crippen LogP contribution is -2.05. The lowest BCUT2D eigenvalue weighted by molar-refractivity contribution is 0.0683. The summed E-state index contributed by atoms with van der Waals surface area (Å²) in [5.74, 6) is -1.37. The van der Waals surface area contributed by atoms with Gasteiger partial charge in [-0.3, -0.25) is 9.97 Å². The first-order chi connectivity index (χ1) is 7.65. The van der Waals surface area contributed by atoms with Crippen LogP contribution in [-0.2, 0) is 6.54 Å². The molecule has 0 fully saturated rings. The van der Waals surface area contributed by atoms with Crippen molar-refractivity contribution in [1.29, 1.82) is 0 Å². The Balaban J connectivity index is 2.14. The number of hydrogen-bond acceptors (Lipinski definition) is 5. The molecule has 82 valence electrons. The number of carbonyl (C=O) groups is 1. The van der Waals surface area contributed by atoms with Gasteiger partial charge in [-0.05, 0) is 6.92 Å². The summed E-state index contributed by atoms with van der Waals surface area (Å²) in [7, 11) is 0. The van der Waals surface area contributed by atoms with E-state index < -0.39 is 5.97 Å². The van der Waals surface area contributed by atoms with Crippen molar-refractivity contribution in [2.45, 2.75) is 13.5 Å². The first-order valence-corrected chi connectivity index (χ1v) is 4.55. The van der Waals surface area contributed by atoms with Gasteiger partial charge >= 0.3 is 5.97 Å². The Morgan fingerprint density at radius 3 is 2.75 bits per heavy atom. The van der Waals surface area contributed by atoms with Crippen molar-refractivity contribution in [3.63, 3.8) is 0 Å². The molecule has 1 N–H and O–H groups in total. The van der Waals surface area contributed by atoms with Gasteiger partial charge in [0.05, 0.1) is 24.1 Å². The first kappa shape index (κ1) is 10.2. The smallest absolute Gasteiger partial charge is 0.375 e. The van der Waals surface area contributed by atoms with Gasteiger partial charge in [0.25, 0.3) is 5.82 Å². The molecule has 0 saturated heterocycles. The van der Waals surface area contributed by atoms with E-state index in [1.807, 2.05) is 6.92 Å². The minimum Gasteiger partial charge on any atom is -0.475 e. The van der Waals surface area contributed by atoms with Crippen LogP contribution in [0.5, 0.6) is 0 Å². The maximum absolute atomic E-state index is 10.5. The number of aromatic carboxylic acids is 1. The summed E-state index contributed by atoms with van der Waals surface area (Å²) in [5.41, 5.74) is 1.53. The molecule has 0 aliphatic carbocycles. The van der Waals surface area contributed by atoms with Crippen LogP contribution in [0.3, 0.4) is 0 Å². The summed E-state index contributed by atoms with van der Waals surface area (Å²) in [6, 6.07) is 0. The van der Waals surface area contributed by atoms with E-state index in [1.165, 1.54) is 11.0 Å². The minimum atomic E-state index is -1.14. The third kappa shape index (κ3) is 2.19. The first-order valence-electron chi connectivity index (χ1n) is 4.55. The summed E-state index contributed by atoms with van der Waals surface area (Å²) >= 11 is 0. The molecule has 0 aromatic carbocycles. The van der Waals surface area contributed by atoms with Gasteiger partial charge in [-0.15, -0.1) is 5.10 Å². The zero-order valence-corrected chi connectivity index (χ0v) is 8.53. The minimum absolute atomic E-state index is 0.222. The molecule has 2 heterocycles. The number of carboxylic acids is 1. The van der Waals surface area contributed by atoms with Crippen LogP contribution >= 0.6 is 0 Å². The molecule has 0 aliphatic heterocycles. The Hall–Kier alpha value is -2.31. The van der Waals surface area contributed by atoms with E-state index in [-0.39, 0.29) is 5.82 Å². The second-order valence-electron chi connectivity index (χ2n) is 3.22. The van der Waals surface area contributed by atoms with Crippen LogP contribution in [0.4, 0.5) is 0 Å². The van der Waals surface area contributed by atoms with Crippen molar-refractivity contribution in [3.05, 3.63) is 35.9 Å². The zero-order valence-electron chi connectivity index (χ0n) is 8.53. The predicted molar refractivity (Wildman–Crippen MR) is 52.9 cm³/mol. The molecule has 0 radical (unpaired) electrons. The average molecular weight is 219 g/mol. The normalized spacial score (nSPS) is 10.3. The van der Waals surface area contributed by atoms with Crippen molar-refractivity contribution < 1.29 is 9.90 Å². The van der Waals surface area contributed by atoms with Crippen LogP contribution in [0.25, 0.3) is 0 Å². The number of aryl methyl sites for hydroxylation is 1. The molecule has 0 aliphatic rings. The molecule has 7 nitrogen and oxygen atoms in total. The summed E-state index contributed by atoms with van der Waals surface area (Å²) < 4.78 is 1.41. The van der Waals surface area contributed by atoms with Crippen LogP contribution in [0.15, 0.2) is 18.7 Å². The van der Waals surface area contributed by atoms with Crippen molar-refractivity contribution in [3.8, 4) is 0 Å². The van der Waals surface area contributed by atoms with E-state index in [0.29, 0.717) is 12.2 Å². The Labute approximate surface area is 90.8 Å². The number of aromatic nitrogens is 5. The fraction of sp³-hybridized carbons (Fsp3) is 0.222. The van der Waals surface area contributed by atoms with Gasteiger partial charge in [0.15, 0.2) is 0 Å². The fourth-order valence-corrected chi connectivity index (χ4v) is 1.14. The quantitative estimate of drug-likeness (QED) is 0.788. The molecule has 0 saturated carbocycles. The molecule has 2 aromatic rings. The van der Waals surface area contributed by atoms with Gasteiger partial charge in [-0.2, -0.15) is 0 Å². The monoisotopic (exact) mass is 219 g/mol. The molecule has 2 aromatic heterocycles. The summed E-state index contributed by atoms with van der Waals surface area (Å²) in [5, 5.41) is 12.4. The molecule has 0 spiro atoms. The summed E-state index contributed by atoms with van der Waals surface area (Å²) in [4.78, 5) is 22.4. The highest BCUT2D eigenvalue weighted by molar-refractivity contribution is 5.82. The van der Waals surface area contributed by atoms with E-state index in [9.17, 15) is 4.79 Å². The Morgan fingerprint density at radius 1 is 1.38 bits per heavy atom. The SMILES string of the molecule is Cc1cnc(Cn2cnc(C(=O)O)n2)cn1. The summed E-state index contributed by atoms with van der Waals surface area (Å²) in [6.07, 6.45) is 4.62. The van der Waals surface area contributed by atoms with Crippen molar-refractivity contribution in [2.24, 2.45) is 0 Å². The number of nitrogens with zero attached hydrogens (tertiary/aromatic N) is 5. The van der Waals surface area contributed by atoms with Crippen molar-refractivity contribution in [1.82, 2.24) is 24.7 Å². The summed E-state index contributed by atoms with van der Waals surface area (Å²) in [6.45, 7) is 2.20. The second-order valence-corrected chi connectivity index (χ2v) is 3.22. The van der Waals surface area contributed by atoms with E-state index in [0.717, 1.165) is 5.69 Å². The van der Waals surface area contributed by atoms with Crippen molar-refractivity contribution in [2.75, 3.05) is 0 Å². The lowest BCUT2D eigenvalue weighted by atomic mass is 10.4. The van der Waals surface area contributed by atoms with E-state index in [1.54, 1.807) is 12.4 Å². The molecule has 0 amide bonds. The Kier molecular flexibility index (Phi) is 2.59. The number of hydrogen-bond donors (Lipinski definition) is 1. The molecular weight excluding hydrogens is 210 g/mol. The average Bonchev–Trinajstić information content (AvgIpc) is 2.70. The number of rotatable bonds is 3. The topological polar surface area (TPSA) is 93.8 Å². The molecular formula is C9H9N5O2. The fourth-order valence-electron chi connectivity index (χ4n) is 1.14. The van der Waals surface area contributed by atoms with Crippen LogP contribution in [0.1, 0.15) is 22.0 Å². The Morgan fingerprint density at radius 2 is 2.19 bits per heavy atom. The van der Waals surface area contributed by atoms with E-state index in [2.05, 4.69) is 20.1 Å². The largest absolute Gasteiger partial charge is 0.475 e. The zero-order chi connectivity index (χ0) is 11.5. The highest BCUT2D eigenvalue weighted by Crippen LogP contribution is 1.98. The highest BCUT2D eigenvalue weighted by atomic mass is 16.4. The van der Waals surface area contributed by atoms with Crippen LogP contribution in [0.2, 0.25) is 0 Å². The third-order valence-corrected chi connectivity index (χ3v) is 1.89. The van der Waals surface area contributed by atoms with Gasteiger partial charge in [-0.1, -0.05) is 0 Å². The Bertz CT molecular complexity index is 505. The van der Waals surface area contributed by atoms with E-state index in [4.69, 9.17) is 5.11 Å². The van der Waals surface area contributed by atoms with Gasteiger partial charge in [-0.25, -0.2) is 14.5 Å². The van der Waals surface area contributed by atoms with Crippen LogP contribution < -0.4 is 0 Å². The maximum Gasteiger partial charge on any atom is 0.375 e. The molecule has 2 rings (SSSR count). The van der Waals surface area contributed by atoms with Gasteiger partial charge in [0, 0.05) is 6.20 Å². The van der Waals surface area contributed by atoms with Crippen LogP contribution in [-0.4, -0.2) is 35.8 Å². The lowest BCUT2D eigenvalue weighted by Gasteiger charge is -1.99. The van der Waals surface area contributed by atoms with E-state index >= 15 is 0 Å². The molecule has 7 heteroatoms. The molecule has 0 unspecified atom stereocenters. The molecule has 0 atom stereocenters.